The number of hydrogen-bond acceptors (Lipinski definition) is 8. The Balaban J connectivity index is 0.000000126. The quantitative estimate of drug-likeness (QED) is 0.277. The van der Waals surface area contributed by atoms with E-state index in [-0.39, 0.29) is 11.5 Å². The second-order valence-corrected chi connectivity index (χ2v) is 3.90. The van der Waals surface area contributed by atoms with Crippen LogP contribution in [0.1, 0.15) is 0 Å². The highest BCUT2D eigenvalue weighted by atomic mass is 16.1. The standard InChI is InChI=1S/C5H6N6.C5H4N4O/c6-3-2-4(9-1-8-2)11-5(7)10-3;10-5-3-4(7-1-6-3)8-2-9-5/h1H,(H5,6,7,8,9,10,11);1-2H,(H2,6,7,8,9,10). The van der Waals surface area contributed by atoms with Crippen LogP contribution >= 0.6 is 0 Å². The zero-order valence-corrected chi connectivity index (χ0v) is 10.5. The molecule has 0 atom stereocenters. The van der Waals surface area contributed by atoms with Crippen molar-refractivity contribution in [3.63, 3.8) is 0 Å². The van der Waals surface area contributed by atoms with Gasteiger partial charge in [0.2, 0.25) is 5.95 Å². The lowest BCUT2D eigenvalue weighted by Gasteiger charge is -1.94. The van der Waals surface area contributed by atoms with E-state index in [1.165, 1.54) is 19.0 Å². The zero-order chi connectivity index (χ0) is 14.8. The number of anilines is 2. The molecule has 0 aliphatic rings. The molecule has 0 aliphatic carbocycles. The highest BCUT2D eigenvalue weighted by Crippen LogP contribution is 2.12. The van der Waals surface area contributed by atoms with E-state index in [2.05, 4.69) is 39.9 Å². The molecule has 0 unspecified atom stereocenters. The normalized spacial score (nSPS) is 10.5. The van der Waals surface area contributed by atoms with E-state index in [4.69, 9.17) is 11.5 Å². The Labute approximate surface area is 115 Å². The smallest absolute Gasteiger partial charge is 0.276 e. The largest absolute Gasteiger partial charge is 0.382 e. The number of imidazole rings is 2. The second-order valence-electron chi connectivity index (χ2n) is 3.90. The summed E-state index contributed by atoms with van der Waals surface area (Å²) < 4.78 is 0. The minimum atomic E-state index is -0.192. The molecule has 0 radical (unpaired) electrons. The van der Waals surface area contributed by atoms with Gasteiger partial charge in [-0.2, -0.15) is 9.97 Å². The van der Waals surface area contributed by atoms with Crippen LogP contribution in [0.15, 0.2) is 23.8 Å². The van der Waals surface area contributed by atoms with Gasteiger partial charge in [0.15, 0.2) is 22.6 Å². The van der Waals surface area contributed by atoms with Crippen molar-refractivity contribution >= 4 is 34.1 Å². The SMILES string of the molecule is Nc1nc(N)c2[nH]cnc2n1.O=c1[nH]cnc2nc[nH]c12. The van der Waals surface area contributed by atoms with Crippen LogP contribution < -0.4 is 17.0 Å². The predicted molar refractivity (Wildman–Crippen MR) is 75.0 cm³/mol. The van der Waals surface area contributed by atoms with Gasteiger partial charge in [0, 0.05) is 0 Å². The third-order valence-corrected chi connectivity index (χ3v) is 2.56. The van der Waals surface area contributed by atoms with Crippen LogP contribution in [0.2, 0.25) is 0 Å². The molecule has 0 saturated heterocycles. The Morgan fingerprint density at radius 3 is 2.14 bits per heavy atom. The Hall–Kier alpha value is -3.50. The number of H-pyrrole nitrogens is 3. The van der Waals surface area contributed by atoms with Crippen LogP contribution in [0, 0.1) is 0 Å². The molecule has 4 rings (SSSR count). The van der Waals surface area contributed by atoms with Crippen molar-refractivity contribution in [3.05, 3.63) is 29.3 Å². The zero-order valence-electron chi connectivity index (χ0n) is 10.5. The molecule has 7 N–H and O–H groups in total. The van der Waals surface area contributed by atoms with E-state index in [9.17, 15) is 4.79 Å². The number of rotatable bonds is 0. The topological polar surface area (TPSA) is 181 Å². The van der Waals surface area contributed by atoms with Gasteiger partial charge in [-0.3, -0.25) is 4.79 Å². The van der Waals surface area contributed by atoms with Crippen molar-refractivity contribution in [2.45, 2.75) is 0 Å². The maximum atomic E-state index is 10.9. The van der Waals surface area contributed by atoms with E-state index in [0.717, 1.165) is 0 Å². The van der Waals surface area contributed by atoms with Crippen molar-refractivity contribution in [1.29, 1.82) is 0 Å². The Morgan fingerprint density at radius 2 is 1.43 bits per heavy atom. The van der Waals surface area contributed by atoms with Crippen LogP contribution in [0.5, 0.6) is 0 Å². The molecular weight excluding hydrogens is 276 g/mol. The third kappa shape index (κ3) is 2.34. The first kappa shape index (κ1) is 12.5. The molecule has 4 heterocycles. The molecule has 4 aromatic rings. The fraction of sp³-hybridized carbons (Fsp3) is 0. The summed E-state index contributed by atoms with van der Waals surface area (Å²) in [4.78, 5) is 37.8. The van der Waals surface area contributed by atoms with Crippen LogP contribution in [0.4, 0.5) is 11.8 Å². The first-order valence-corrected chi connectivity index (χ1v) is 5.74. The highest BCUT2D eigenvalue weighted by molar-refractivity contribution is 5.81. The molecule has 0 bridgehead atoms. The molecule has 0 aliphatic heterocycles. The number of hydrogen-bond donors (Lipinski definition) is 5. The number of aromatic nitrogens is 8. The number of nitrogens with one attached hydrogen (secondary N) is 3. The van der Waals surface area contributed by atoms with Crippen molar-refractivity contribution in [3.8, 4) is 0 Å². The Kier molecular flexibility index (Phi) is 2.91. The van der Waals surface area contributed by atoms with Crippen molar-refractivity contribution in [2.24, 2.45) is 0 Å². The summed E-state index contributed by atoms with van der Waals surface area (Å²) in [5, 5.41) is 0. The Morgan fingerprint density at radius 1 is 0.810 bits per heavy atom. The van der Waals surface area contributed by atoms with Gasteiger partial charge in [-0.15, -0.1) is 0 Å². The average molecular weight is 286 g/mol. The molecule has 106 valence electrons. The fourth-order valence-electron chi connectivity index (χ4n) is 1.65. The molecule has 21 heavy (non-hydrogen) atoms. The minimum Gasteiger partial charge on any atom is -0.382 e. The average Bonchev–Trinajstić information content (AvgIpc) is 3.08. The van der Waals surface area contributed by atoms with Gasteiger partial charge >= 0.3 is 0 Å². The van der Waals surface area contributed by atoms with Crippen molar-refractivity contribution < 1.29 is 0 Å². The number of nitrogen functional groups attached to an aromatic ring is 2. The summed E-state index contributed by atoms with van der Waals surface area (Å²) in [6, 6.07) is 0. The van der Waals surface area contributed by atoms with E-state index in [1.807, 2.05) is 0 Å². The van der Waals surface area contributed by atoms with Gasteiger partial charge in [-0.05, 0) is 0 Å². The summed E-state index contributed by atoms with van der Waals surface area (Å²) in [5.41, 5.74) is 12.6. The third-order valence-electron chi connectivity index (χ3n) is 2.56. The second kappa shape index (κ2) is 4.88. The minimum absolute atomic E-state index is 0.141. The fourth-order valence-corrected chi connectivity index (χ4v) is 1.65. The van der Waals surface area contributed by atoms with Gasteiger partial charge in [0.05, 0.1) is 19.0 Å². The van der Waals surface area contributed by atoms with Gasteiger partial charge in [0.1, 0.15) is 5.52 Å². The molecule has 4 aromatic heterocycles. The lowest BCUT2D eigenvalue weighted by atomic mass is 10.5. The maximum absolute atomic E-state index is 10.9. The van der Waals surface area contributed by atoms with Crippen LogP contribution in [0.25, 0.3) is 22.3 Å². The first-order valence-electron chi connectivity index (χ1n) is 5.74. The van der Waals surface area contributed by atoms with Gasteiger partial charge in [0.25, 0.3) is 5.56 Å². The van der Waals surface area contributed by atoms with E-state index in [1.54, 1.807) is 0 Å². The van der Waals surface area contributed by atoms with Gasteiger partial charge in [-0.25, -0.2) is 15.0 Å². The molecule has 0 fully saturated rings. The summed E-state index contributed by atoms with van der Waals surface area (Å²) in [6.07, 6.45) is 4.26. The van der Waals surface area contributed by atoms with E-state index >= 15 is 0 Å². The molecule has 11 heteroatoms. The van der Waals surface area contributed by atoms with Crippen LogP contribution in [0.3, 0.4) is 0 Å². The molecule has 0 aromatic carbocycles. The number of aromatic amines is 3. The van der Waals surface area contributed by atoms with Crippen molar-refractivity contribution in [2.75, 3.05) is 11.5 Å². The molecule has 0 amide bonds. The monoisotopic (exact) mass is 286 g/mol. The molecular formula is C10H10N10O. The lowest BCUT2D eigenvalue weighted by Crippen LogP contribution is -2.05. The number of fused-ring (bicyclic) bond motifs is 2. The molecule has 0 spiro atoms. The van der Waals surface area contributed by atoms with Crippen LogP contribution in [-0.4, -0.2) is 39.9 Å². The molecule has 0 saturated carbocycles. The van der Waals surface area contributed by atoms with E-state index in [0.29, 0.717) is 28.1 Å². The first-order chi connectivity index (χ1) is 10.1. The van der Waals surface area contributed by atoms with Crippen LogP contribution in [-0.2, 0) is 0 Å². The van der Waals surface area contributed by atoms with Gasteiger partial charge in [-0.1, -0.05) is 0 Å². The van der Waals surface area contributed by atoms with Crippen molar-refractivity contribution in [1.82, 2.24) is 39.9 Å². The number of nitrogens with two attached hydrogens (primary N) is 2. The number of nitrogens with zero attached hydrogens (tertiary/aromatic N) is 5. The van der Waals surface area contributed by atoms with E-state index < -0.39 is 0 Å². The lowest BCUT2D eigenvalue weighted by molar-refractivity contribution is 1.15. The summed E-state index contributed by atoms with van der Waals surface area (Å²) in [6.45, 7) is 0. The summed E-state index contributed by atoms with van der Waals surface area (Å²) in [7, 11) is 0. The maximum Gasteiger partial charge on any atom is 0.276 e. The highest BCUT2D eigenvalue weighted by Gasteiger charge is 2.03. The Bertz CT molecular complexity index is 951. The summed E-state index contributed by atoms with van der Waals surface area (Å²) >= 11 is 0. The summed E-state index contributed by atoms with van der Waals surface area (Å²) in [5.74, 6) is 0.465. The molecule has 11 nitrogen and oxygen atoms in total. The predicted octanol–water partition coefficient (Wildman–Crippen LogP) is -0.837. The van der Waals surface area contributed by atoms with Gasteiger partial charge < -0.3 is 26.4 Å².